The van der Waals surface area contributed by atoms with E-state index < -0.39 is 0 Å². The summed E-state index contributed by atoms with van der Waals surface area (Å²) in [6, 6.07) is 4.16. The Hall–Kier alpha value is -0.540. The Labute approximate surface area is 96.7 Å². The largest absolute Gasteiger partial charge is 0.324 e. The van der Waals surface area contributed by atoms with Gasteiger partial charge < -0.3 is 5.73 Å². The van der Waals surface area contributed by atoms with Crippen LogP contribution in [0.25, 0.3) is 0 Å². The van der Waals surface area contributed by atoms with Crippen molar-refractivity contribution in [2.24, 2.45) is 11.7 Å². The number of hydrogen-bond donors (Lipinski definition) is 1. The van der Waals surface area contributed by atoms with E-state index in [1.54, 1.807) is 0 Å². The van der Waals surface area contributed by atoms with E-state index in [9.17, 15) is 0 Å². The van der Waals surface area contributed by atoms with E-state index in [1.165, 1.54) is 0 Å². The molecular weight excluding hydrogens is 204 g/mol. The van der Waals surface area contributed by atoms with Gasteiger partial charge in [0, 0.05) is 17.5 Å². The van der Waals surface area contributed by atoms with Crippen LogP contribution in [0.15, 0.2) is 23.4 Å². The summed E-state index contributed by atoms with van der Waals surface area (Å²) in [6.45, 7) is 8.69. The minimum atomic E-state index is 0.0849. The summed E-state index contributed by atoms with van der Waals surface area (Å²) in [7, 11) is 0. The summed E-state index contributed by atoms with van der Waals surface area (Å²) < 4.78 is 0. The average molecular weight is 224 g/mol. The van der Waals surface area contributed by atoms with Crippen LogP contribution in [0, 0.1) is 5.92 Å². The lowest BCUT2D eigenvalue weighted by Crippen LogP contribution is -2.07. The lowest BCUT2D eigenvalue weighted by atomic mass is 10.1. The predicted octanol–water partition coefficient (Wildman–Crippen LogP) is 3.24. The second-order valence-electron chi connectivity index (χ2n) is 4.28. The Bertz CT molecular complexity index is 310. The number of hydrogen-bond acceptors (Lipinski definition) is 3. The molecule has 1 rings (SSSR count). The molecule has 0 spiro atoms. The van der Waals surface area contributed by atoms with Crippen LogP contribution in [-0.4, -0.2) is 10.2 Å². The Balaban J connectivity index is 2.73. The Morgan fingerprint density at radius 1 is 1.27 bits per heavy atom. The van der Waals surface area contributed by atoms with Gasteiger partial charge in [-0.15, -0.1) is 11.8 Å². The highest BCUT2D eigenvalue weighted by Crippen LogP contribution is 2.27. The molecule has 2 unspecified atom stereocenters. The second kappa shape index (κ2) is 5.52. The van der Waals surface area contributed by atoms with Gasteiger partial charge in [-0.25, -0.2) is 4.98 Å². The summed E-state index contributed by atoms with van der Waals surface area (Å²) >= 11 is 1.82. The third-order valence-electron chi connectivity index (χ3n) is 2.53. The minimum absolute atomic E-state index is 0.0849. The van der Waals surface area contributed by atoms with E-state index in [2.05, 4.69) is 31.8 Å². The fraction of sp³-hybridized carbons (Fsp3) is 0.583. The van der Waals surface area contributed by atoms with Crippen LogP contribution in [0.3, 0.4) is 0 Å². The zero-order valence-corrected chi connectivity index (χ0v) is 10.7. The van der Waals surface area contributed by atoms with Crippen molar-refractivity contribution in [2.75, 3.05) is 0 Å². The van der Waals surface area contributed by atoms with Gasteiger partial charge >= 0.3 is 0 Å². The molecule has 2 atom stereocenters. The fourth-order valence-corrected chi connectivity index (χ4v) is 2.08. The standard InChI is InChI=1S/C12H20N2S/c1-8(2)10(4)15-12-7-11(9(3)13)5-6-14-12/h5-10H,13H2,1-4H3. The molecule has 0 aromatic carbocycles. The van der Waals surface area contributed by atoms with Gasteiger partial charge in [-0.05, 0) is 30.5 Å². The molecule has 0 aliphatic carbocycles. The van der Waals surface area contributed by atoms with Crippen molar-refractivity contribution in [3.05, 3.63) is 23.9 Å². The molecule has 0 bridgehead atoms. The lowest BCUT2D eigenvalue weighted by molar-refractivity contribution is 0.641. The topological polar surface area (TPSA) is 38.9 Å². The first-order valence-corrected chi connectivity index (χ1v) is 6.27. The SMILES string of the molecule is CC(N)c1ccnc(SC(C)C(C)C)c1. The van der Waals surface area contributed by atoms with Crippen molar-refractivity contribution in [1.82, 2.24) is 4.98 Å². The van der Waals surface area contributed by atoms with E-state index in [4.69, 9.17) is 5.73 Å². The predicted molar refractivity (Wildman–Crippen MR) is 67.0 cm³/mol. The van der Waals surface area contributed by atoms with Crippen LogP contribution >= 0.6 is 11.8 Å². The van der Waals surface area contributed by atoms with E-state index in [0.717, 1.165) is 10.6 Å². The smallest absolute Gasteiger partial charge is 0.0965 e. The molecule has 3 heteroatoms. The first kappa shape index (κ1) is 12.5. The van der Waals surface area contributed by atoms with Gasteiger partial charge in [0.1, 0.15) is 0 Å². The normalized spacial score (nSPS) is 15.3. The van der Waals surface area contributed by atoms with Crippen LogP contribution in [-0.2, 0) is 0 Å². The summed E-state index contributed by atoms with van der Waals surface area (Å²) in [5.41, 5.74) is 6.99. The summed E-state index contributed by atoms with van der Waals surface area (Å²) in [5, 5.41) is 1.66. The van der Waals surface area contributed by atoms with Crippen molar-refractivity contribution in [1.29, 1.82) is 0 Å². The number of nitrogens with zero attached hydrogens (tertiary/aromatic N) is 1. The van der Waals surface area contributed by atoms with E-state index in [1.807, 2.05) is 30.9 Å². The number of pyridine rings is 1. The molecule has 1 aromatic heterocycles. The molecule has 2 nitrogen and oxygen atoms in total. The number of nitrogens with two attached hydrogens (primary N) is 1. The summed E-state index contributed by atoms with van der Waals surface area (Å²) in [4.78, 5) is 4.35. The quantitative estimate of drug-likeness (QED) is 0.798. The Morgan fingerprint density at radius 3 is 2.47 bits per heavy atom. The van der Waals surface area contributed by atoms with E-state index in [0.29, 0.717) is 11.2 Å². The van der Waals surface area contributed by atoms with E-state index >= 15 is 0 Å². The van der Waals surface area contributed by atoms with Gasteiger partial charge in [-0.3, -0.25) is 0 Å². The minimum Gasteiger partial charge on any atom is -0.324 e. The second-order valence-corrected chi connectivity index (χ2v) is 5.68. The third kappa shape index (κ3) is 3.84. The van der Waals surface area contributed by atoms with Gasteiger partial charge in [0.15, 0.2) is 0 Å². The molecule has 84 valence electrons. The Morgan fingerprint density at radius 2 is 1.93 bits per heavy atom. The monoisotopic (exact) mass is 224 g/mol. The maximum Gasteiger partial charge on any atom is 0.0965 e. The Kier molecular flexibility index (Phi) is 4.61. The maximum absolute atomic E-state index is 5.84. The highest BCUT2D eigenvalue weighted by molar-refractivity contribution is 7.99. The zero-order chi connectivity index (χ0) is 11.4. The molecule has 1 aromatic rings. The molecule has 0 fully saturated rings. The van der Waals surface area contributed by atoms with Gasteiger partial charge in [-0.2, -0.15) is 0 Å². The molecule has 0 amide bonds. The maximum atomic E-state index is 5.84. The van der Waals surface area contributed by atoms with Crippen LogP contribution < -0.4 is 5.73 Å². The summed E-state index contributed by atoms with van der Waals surface area (Å²) in [5.74, 6) is 0.663. The number of thioether (sulfide) groups is 1. The molecule has 0 saturated heterocycles. The van der Waals surface area contributed by atoms with Crippen LogP contribution in [0.2, 0.25) is 0 Å². The molecular formula is C12H20N2S. The molecule has 0 saturated carbocycles. The number of aromatic nitrogens is 1. The highest BCUT2D eigenvalue weighted by atomic mass is 32.2. The zero-order valence-electron chi connectivity index (χ0n) is 9.90. The first-order chi connectivity index (χ1) is 7.00. The average Bonchev–Trinajstić information content (AvgIpc) is 2.18. The molecule has 15 heavy (non-hydrogen) atoms. The third-order valence-corrected chi connectivity index (χ3v) is 3.91. The fourth-order valence-electron chi connectivity index (χ4n) is 1.10. The lowest BCUT2D eigenvalue weighted by Gasteiger charge is -2.15. The van der Waals surface area contributed by atoms with Gasteiger partial charge in [-0.1, -0.05) is 20.8 Å². The first-order valence-electron chi connectivity index (χ1n) is 5.39. The molecule has 2 N–H and O–H groups in total. The van der Waals surface area contributed by atoms with Crippen LogP contribution in [0.4, 0.5) is 0 Å². The van der Waals surface area contributed by atoms with Crippen molar-refractivity contribution >= 4 is 11.8 Å². The van der Waals surface area contributed by atoms with Crippen LogP contribution in [0.5, 0.6) is 0 Å². The van der Waals surface area contributed by atoms with Crippen LogP contribution in [0.1, 0.15) is 39.3 Å². The number of rotatable bonds is 4. The molecule has 0 radical (unpaired) electrons. The van der Waals surface area contributed by atoms with Gasteiger partial charge in [0.25, 0.3) is 0 Å². The van der Waals surface area contributed by atoms with Crippen molar-refractivity contribution < 1.29 is 0 Å². The van der Waals surface area contributed by atoms with Gasteiger partial charge in [0.2, 0.25) is 0 Å². The van der Waals surface area contributed by atoms with Crippen molar-refractivity contribution in [3.63, 3.8) is 0 Å². The van der Waals surface area contributed by atoms with E-state index in [-0.39, 0.29) is 6.04 Å². The molecule has 1 heterocycles. The van der Waals surface area contributed by atoms with Crippen molar-refractivity contribution in [2.45, 2.75) is 44.0 Å². The highest BCUT2D eigenvalue weighted by Gasteiger charge is 2.10. The van der Waals surface area contributed by atoms with Crippen molar-refractivity contribution in [3.8, 4) is 0 Å². The summed E-state index contributed by atoms with van der Waals surface area (Å²) in [6.07, 6.45) is 1.84. The van der Waals surface area contributed by atoms with Gasteiger partial charge in [0.05, 0.1) is 5.03 Å². The molecule has 0 aliphatic heterocycles. The molecule has 0 aliphatic rings.